The number of hydrogen-bond donors (Lipinski definition) is 1. The van der Waals surface area contributed by atoms with Crippen molar-refractivity contribution < 1.29 is 17.9 Å². The Morgan fingerprint density at radius 3 is 2.21 bits per heavy atom. The van der Waals surface area contributed by atoms with Crippen LogP contribution in [0.15, 0.2) is 42.5 Å². The maximum absolute atomic E-state index is 12.5. The summed E-state index contributed by atoms with van der Waals surface area (Å²) in [6.45, 7) is 3.50. The van der Waals surface area contributed by atoms with E-state index in [1.54, 1.807) is 24.3 Å². The van der Waals surface area contributed by atoms with Gasteiger partial charge in [0.15, 0.2) is 0 Å². The number of hydrogen-bond acceptors (Lipinski definition) is 4. The number of rotatable bonds is 7. The number of carbonyl (C=O) groups excluding carboxylic acids is 1. The third-order valence-corrected chi connectivity index (χ3v) is 6.07. The van der Waals surface area contributed by atoms with Crippen molar-refractivity contribution in [2.45, 2.75) is 45.6 Å². The molecule has 0 saturated heterocycles. The van der Waals surface area contributed by atoms with E-state index in [1.165, 1.54) is 12.8 Å². The molecule has 6 nitrogen and oxygen atoms in total. The van der Waals surface area contributed by atoms with Crippen LogP contribution >= 0.6 is 0 Å². The third-order valence-electron chi connectivity index (χ3n) is 4.92. The zero-order chi connectivity index (χ0) is 21.0. The van der Waals surface area contributed by atoms with Crippen molar-refractivity contribution in [3.63, 3.8) is 0 Å². The minimum Gasteiger partial charge on any atom is -0.490 e. The number of sulfonamides is 1. The van der Waals surface area contributed by atoms with E-state index in [9.17, 15) is 13.2 Å². The molecule has 0 atom stereocenters. The summed E-state index contributed by atoms with van der Waals surface area (Å²) in [7, 11) is -3.61. The van der Waals surface area contributed by atoms with Gasteiger partial charge in [-0.2, -0.15) is 0 Å². The van der Waals surface area contributed by atoms with Gasteiger partial charge >= 0.3 is 0 Å². The zero-order valence-corrected chi connectivity index (χ0v) is 18.0. The Morgan fingerprint density at radius 2 is 1.66 bits per heavy atom. The molecule has 3 rings (SSSR count). The maximum atomic E-state index is 12.5. The Balaban J connectivity index is 1.67. The van der Waals surface area contributed by atoms with E-state index in [0.717, 1.165) is 40.3 Å². The van der Waals surface area contributed by atoms with Gasteiger partial charge in [-0.25, -0.2) is 8.42 Å². The van der Waals surface area contributed by atoms with Crippen molar-refractivity contribution in [1.82, 2.24) is 0 Å². The van der Waals surface area contributed by atoms with Gasteiger partial charge in [0, 0.05) is 5.69 Å². The van der Waals surface area contributed by atoms with Gasteiger partial charge in [0.2, 0.25) is 15.9 Å². The summed E-state index contributed by atoms with van der Waals surface area (Å²) in [6, 6.07) is 12.7. The van der Waals surface area contributed by atoms with Gasteiger partial charge in [-0.05, 0) is 87.1 Å². The van der Waals surface area contributed by atoms with Crippen molar-refractivity contribution >= 4 is 27.3 Å². The highest BCUT2D eigenvalue weighted by atomic mass is 32.2. The number of ether oxygens (including phenoxy) is 1. The Bertz CT molecular complexity index is 945. The predicted octanol–water partition coefficient (Wildman–Crippen LogP) is 4.03. The van der Waals surface area contributed by atoms with Gasteiger partial charge in [0.1, 0.15) is 12.3 Å². The summed E-state index contributed by atoms with van der Waals surface area (Å²) in [5.74, 6) is 0.377. The summed E-state index contributed by atoms with van der Waals surface area (Å²) in [5, 5.41) is 2.76. The molecular formula is C22H28N2O4S. The lowest BCUT2D eigenvalue weighted by molar-refractivity contribution is -0.114. The zero-order valence-electron chi connectivity index (χ0n) is 17.1. The summed E-state index contributed by atoms with van der Waals surface area (Å²) < 4.78 is 31.6. The highest BCUT2D eigenvalue weighted by Crippen LogP contribution is 2.25. The first-order chi connectivity index (χ1) is 13.7. The molecule has 0 aromatic heterocycles. The molecule has 29 heavy (non-hydrogen) atoms. The highest BCUT2D eigenvalue weighted by Gasteiger charge is 2.21. The molecule has 0 bridgehead atoms. The number of nitrogens with one attached hydrogen (secondary N) is 1. The topological polar surface area (TPSA) is 75.7 Å². The van der Waals surface area contributed by atoms with Crippen LogP contribution in [0.5, 0.6) is 5.75 Å². The Hall–Kier alpha value is -2.54. The van der Waals surface area contributed by atoms with E-state index in [2.05, 4.69) is 5.32 Å². The van der Waals surface area contributed by atoms with Crippen molar-refractivity contribution in [3.05, 3.63) is 53.6 Å². The van der Waals surface area contributed by atoms with Crippen LogP contribution in [-0.2, 0) is 14.8 Å². The minimum absolute atomic E-state index is 0.275. The van der Waals surface area contributed by atoms with Gasteiger partial charge in [-0.1, -0.05) is 6.07 Å². The molecule has 1 saturated carbocycles. The second kappa shape index (κ2) is 8.86. The lowest BCUT2D eigenvalue weighted by Gasteiger charge is -2.23. The number of amides is 1. The van der Waals surface area contributed by atoms with E-state index >= 15 is 0 Å². The van der Waals surface area contributed by atoms with Gasteiger partial charge in [0.25, 0.3) is 0 Å². The Morgan fingerprint density at radius 1 is 1.07 bits per heavy atom. The highest BCUT2D eigenvalue weighted by molar-refractivity contribution is 7.92. The van der Waals surface area contributed by atoms with Crippen molar-refractivity contribution in [1.29, 1.82) is 0 Å². The lowest BCUT2D eigenvalue weighted by atomic mass is 10.1. The average Bonchev–Trinajstić information content (AvgIpc) is 3.12. The number of carbonyl (C=O) groups is 1. The van der Waals surface area contributed by atoms with E-state index < -0.39 is 15.9 Å². The smallest absolute Gasteiger partial charge is 0.245 e. The van der Waals surface area contributed by atoms with Crippen molar-refractivity contribution in [3.8, 4) is 5.75 Å². The molecule has 7 heteroatoms. The molecule has 1 N–H and O–H groups in total. The molecule has 2 aromatic rings. The van der Waals surface area contributed by atoms with Crippen LogP contribution in [-0.4, -0.2) is 33.2 Å². The standard InChI is InChI=1S/C22H28N2O4S/c1-16-12-17(2)14-19(13-16)24(29(3,26)27)15-22(25)23-18-8-10-21(11-9-18)28-20-6-4-5-7-20/h8-14,20H,4-7,15H2,1-3H3,(H,23,25). The summed E-state index contributed by atoms with van der Waals surface area (Å²) in [6.07, 6.45) is 5.95. The summed E-state index contributed by atoms with van der Waals surface area (Å²) in [4.78, 5) is 12.5. The summed E-state index contributed by atoms with van der Waals surface area (Å²) in [5.41, 5.74) is 2.96. The molecule has 0 unspecified atom stereocenters. The number of benzene rings is 2. The van der Waals surface area contributed by atoms with Crippen LogP contribution in [0.3, 0.4) is 0 Å². The second-order valence-corrected chi connectivity index (χ2v) is 9.62. The number of aryl methyl sites for hydroxylation is 2. The van der Waals surface area contributed by atoms with Crippen LogP contribution in [0.2, 0.25) is 0 Å². The quantitative estimate of drug-likeness (QED) is 0.739. The molecule has 1 amide bonds. The van der Waals surface area contributed by atoms with Gasteiger partial charge in [-0.3, -0.25) is 9.10 Å². The first kappa shape index (κ1) is 21.2. The van der Waals surface area contributed by atoms with Gasteiger partial charge in [0.05, 0.1) is 18.0 Å². The van der Waals surface area contributed by atoms with Crippen LogP contribution in [0, 0.1) is 13.8 Å². The largest absolute Gasteiger partial charge is 0.490 e. The number of anilines is 2. The Labute approximate surface area is 172 Å². The fourth-order valence-electron chi connectivity index (χ4n) is 3.64. The Kier molecular flexibility index (Phi) is 6.47. The molecule has 156 valence electrons. The second-order valence-electron chi connectivity index (χ2n) is 7.71. The molecule has 1 aliphatic carbocycles. The van der Waals surface area contributed by atoms with Gasteiger partial charge in [-0.15, -0.1) is 0 Å². The molecule has 0 aliphatic heterocycles. The monoisotopic (exact) mass is 416 g/mol. The van der Waals surface area contributed by atoms with E-state index in [-0.39, 0.29) is 12.6 Å². The van der Waals surface area contributed by atoms with Crippen molar-refractivity contribution in [2.75, 3.05) is 22.4 Å². The molecule has 1 aliphatic rings. The van der Waals surface area contributed by atoms with E-state index in [4.69, 9.17) is 4.74 Å². The molecule has 0 heterocycles. The van der Waals surface area contributed by atoms with E-state index in [0.29, 0.717) is 11.4 Å². The fourth-order valence-corrected chi connectivity index (χ4v) is 4.48. The third kappa shape index (κ3) is 5.97. The molecule has 0 spiro atoms. The minimum atomic E-state index is -3.61. The summed E-state index contributed by atoms with van der Waals surface area (Å²) >= 11 is 0. The van der Waals surface area contributed by atoms with Crippen molar-refractivity contribution in [2.24, 2.45) is 0 Å². The SMILES string of the molecule is Cc1cc(C)cc(N(CC(=O)Nc2ccc(OC3CCCC3)cc2)S(C)(=O)=O)c1. The molecule has 2 aromatic carbocycles. The lowest BCUT2D eigenvalue weighted by Crippen LogP contribution is -2.37. The van der Waals surface area contributed by atoms with E-state index in [1.807, 2.05) is 32.0 Å². The molecule has 1 fully saturated rings. The van der Waals surface area contributed by atoms with Crippen LogP contribution in [0.4, 0.5) is 11.4 Å². The first-order valence-electron chi connectivity index (χ1n) is 9.83. The maximum Gasteiger partial charge on any atom is 0.245 e. The first-order valence-corrected chi connectivity index (χ1v) is 11.7. The van der Waals surface area contributed by atoms with Crippen LogP contribution in [0.25, 0.3) is 0 Å². The van der Waals surface area contributed by atoms with Crippen LogP contribution < -0.4 is 14.4 Å². The normalized spacial score (nSPS) is 14.6. The molecular weight excluding hydrogens is 388 g/mol. The fraction of sp³-hybridized carbons (Fsp3) is 0.409. The van der Waals surface area contributed by atoms with Crippen LogP contribution in [0.1, 0.15) is 36.8 Å². The molecule has 0 radical (unpaired) electrons. The number of nitrogens with zero attached hydrogens (tertiary/aromatic N) is 1. The van der Waals surface area contributed by atoms with Gasteiger partial charge < -0.3 is 10.1 Å². The average molecular weight is 417 g/mol. The predicted molar refractivity (Wildman–Crippen MR) is 116 cm³/mol.